The molecule has 0 spiro atoms. The van der Waals surface area contributed by atoms with Gasteiger partial charge in [-0.2, -0.15) is 0 Å². The number of benzene rings is 1. The van der Waals surface area contributed by atoms with Crippen molar-refractivity contribution in [1.29, 1.82) is 0 Å². The van der Waals surface area contributed by atoms with Gasteiger partial charge in [0.25, 0.3) is 11.8 Å². The standard InChI is InChI=1S/C21H25FN4O2/c1-5-26(4)9-8-23-21(28)19-12(2)18(24-13(19)3)11-16-15-10-14(22)6-7-17(15)25-20(16)27/h6-7,10-11,24H,5,8-9H2,1-4H3,(H,23,28)(H,25,27)/b16-11-. The first-order valence-electron chi connectivity index (χ1n) is 9.30. The molecule has 0 radical (unpaired) electrons. The third-order valence-corrected chi connectivity index (χ3v) is 5.08. The van der Waals surface area contributed by atoms with Gasteiger partial charge in [0.1, 0.15) is 5.82 Å². The minimum atomic E-state index is -0.405. The maximum absolute atomic E-state index is 13.6. The molecule has 0 fully saturated rings. The number of anilines is 1. The van der Waals surface area contributed by atoms with E-state index in [2.05, 4.69) is 27.4 Å². The lowest BCUT2D eigenvalue weighted by Gasteiger charge is -2.14. The molecule has 2 aromatic rings. The van der Waals surface area contributed by atoms with Gasteiger partial charge >= 0.3 is 0 Å². The van der Waals surface area contributed by atoms with Gasteiger partial charge in [0.15, 0.2) is 0 Å². The molecule has 0 aliphatic carbocycles. The largest absolute Gasteiger partial charge is 0.358 e. The molecule has 1 aromatic heterocycles. The van der Waals surface area contributed by atoms with Crippen molar-refractivity contribution < 1.29 is 14.0 Å². The van der Waals surface area contributed by atoms with Crippen molar-refractivity contribution >= 4 is 29.2 Å². The van der Waals surface area contributed by atoms with Crippen molar-refractivity contribution in [1.82, 2.24) is 15.2 Å². The van der Waals surface area contributed by atoms with Crippen molar-refractivity contribution in [2.75, 3.05) is 32.0 Å². The molecule has 0 saturated carbocycles. The number of aryl methyl sites for hydroxylation is 1. The zero-order chi connectivity index (χ0) is 20.4. The van der Waals surface area contributed by atoms with Crippen LogP contribution in [0.5, 0.6) is 0 Å². The van der Waals surface area contributed by atoms with E-state index in [-0.39, 0.29) is 11.8 Å². The monoisotopic (exact) mass is 384 g/mol. The van der Waals surface area contributed by atoms with Crippen LogP contribution in [0.25, 0.3) is 11.6 Å². The second-order valence-electron chi connectivity index (χ2n) is 7.02. The van der Waals surface area contributed by atoms with Gasteiger partial charge in [-0.25, -0.2) is 4.39 Å². The molecule has 3 N–H and O–H groups in total. The lowest BCUT2D eigenvalue weighted by atomic mass is 10.0. The number of rotatable bonds is 6. The third-order valence-electron chi connectivity index (χ3n) is 5.08. The van der Waals surface area contributed by atoms with E-state index in [1.54, 1.807) is 12.1 Å². The average Bonchev–Trinajstić information content (AvgIpc) is 3.11. The molecule has 2 heterocycles. The van der Waals surface area contributed by atoms with Gasteiger partial charge in [0.2, 0.25) is 0 Å². The van der Waals surface area contributed by atoms with Crippen molar-refractivity contribution in [2.45, 2.75) is 20.8 Å². The summed E-state index contributed by atoms with van der Waals surface area (Å²) in [7, 11) is 2.00. The average molecular weight is 384 g/mol. The van der Waals surface area contributed by atoms with Crippen LogP contribution in [0.1, 0.15) is 39.8 Å². The molecule has 2 amide bonds. The van der Waals surface area contributed by atoms with E-state index in [1.807, 2.05) is 20.9 Å². The Balaban J connectivity index is 1.87. The number of nitrogens with zero attached hydrogens (tertiary/aromatic N) is 1. The molecule has 1 aliphatic rings. The van der Waals surface area contributed by atoms with Crippen LogP contribution >= 0.6 is 0 Å². The number of carbonyl (C=O) groups is 2. The van der Waals surface area contributed by atoms with Crippen LogP contribution in [0, 0.1) is 19.7 Å². The molecule has 0 atom stereocenters. The molecule has 28 heavy (non-hydrogen) atoms. The smallest absolute Gasteiger partial charge is 0.256 e. The van der Waals surface area contributed by atoms with Crippen LogP contribution in [0.3, 0.4) is 0 Å². The molecule has 1 aliphatic heterocycles. The first kappa shape index (κ1) is 19.8. The first-order chi connectivity index (χ1) is 13.3. The van der Waals surface area contributed by atoms with E-state index in [1.165, 1.54) is 12.1 Å². The van der Waals surface area contributed by atoms with Gasteiger partial charge < -0.3 is 20.5 Å². The summed E-state index contributed by atoms with van der Waals surface area (Å²) in [6, 6.07) is 4.19. The highest BCUT2D eigenvalue weighted by Gasteiger charge is 2.26. The third kappa shape index (κ3) is 3.84. The van der Waals surface area contributed by atoms with E-state index >= 15 is 0 Å². The number of aromatic amines is 1. The van der Waals surface area contributed by atoms with Gasteiger partial charge in [0, 0.05) is 35.7 Å². The Morgan fingerprint density at radius 1 is 1.32 bits per heavy atom. The Hall–Kier alpha value is -2.93. The number of halogens is 1. The quantitative estimate of drug-likeness (QED) is 0.670. The van der Waals surface area contributed by atoms with Crippen LogP contribution in [0.4, 0.5) is 10.1 Å². The summed E-state index contributed by atoms with van der Waals surface area (Å²) in [6.45, 7) is 7.96. The lowest BCUT2D eigenvalue weighted by Crippen LogP contribution is -2.33. The van der Waals surface area contributed by atoms with Gasteiger partial charge in [0.05, 0.1) is 11.1 Å². The van der Waals surface area contributed by atoms with Gasteiger partial charge in [-0.15, -0.1) is 0 Å². The van der Waals surface area contributed by atoms with E-state index in [9.17, 15) is 14.0 Å². The van der Waals surface area contributed by atoms with Crippen molar-refractivity contribution in [3.8, 4) is 0 Å². The number of hydrogen-bond acceptors (Lipinski definition) is 3. The Labute approximate surface area is 163 Å². The number of amides is 2. The molecule has 0 saturated heterocycles. The summed E-state index contributed by atoms with van der Waals surface area (Å²) in [5.41, 5.74) is 4.18. The molecule has 6 nitrogen and oxygen atoms in total. The van der Waals surface area contributed by atoms with Crippen molar-refractivity contribution in [3.63, 3.8) is 0 Å². The Kier molecular flexibility index (Phi) is 5.65. The van der Waals surface area contributed by atoms with Crippen LogP contribution in [-0.2, 0) is 4.79 Å². The molecule has 0 unspecified atom stereocenters. The fraction of sp³-hybridized carbons (Fsp3) is 0.333. The number of H-pyrrole nitrogens is 1. The number of aromatic nitrogens is 1. The fourth-order valence-corrected chi connectivity index (χ4v) is 3.31. The van der Waals surface area contributed by atoms with E-state index < -0.39 is 5.82 Å². The van der Waals surface area contributed by atoms with Crippen LogP contribution in [0.15, 0.2) is 18.2 Å². The maximum atomic E-state index is 13.6. The summed E-state index contributed by atoms with van der Waals surface area (Å²) in [5.74, 6) is -0.846. The summed E-state index contributed by atoms with van der Waals surface area (Å²) < 4.78 is 13.6. The topological polar surface area (TPSA) is 77.2 Å². The summed E-state index contributed by atoms with van der Waals surface area (Å²) >= 11 is 0. The number of carbonyl (C=O) groups excluding carboxylic acids is 2. The molecule has 1 aromatic carbocycles. The second kappa shape index (κ2) is 7.98. The Morgan fingerprint density at radius 3 is 2.79 bits per heavy atom. The van der Waals surface area contributed by atoms with Crippen LogP contribution in [-0.4, -0.2) is 48.4 Å². The first-order valence-corrected chi connectivity index (χ1v) is 9.30. The molecule has 3 rings (SSSR count). The Bertz CT molecular complexity index is 962. The summed E-state index contributed by atoms with van der Waals surface area (Å²) in [6.07, 6.45) is 1.67. The summed E-state index contributed by atoms with van der Waals surface area (Å²) in [5, 5.41) is 5.67. The van der Waals surface area contributed by atoms with E-state index in [0.717, 1.165) is 24.3 Å². The maximum Gasteiger partial charge on any atom is 0.256 e. The van der Waals surface area contributed by atoms with E-state index in [4.69, 9.17) is 0 Å². The SMILES string of the molecule is CCN(C)CCNC(=O)c1c(C)[nH]c(/C=C2\C(=O)Nc3ccc(F)cc32)c1C. The Morgan fingerprint density at radius 2 is 2.07 bits per heavy atom. The summed E-state index contributed by atoms with van der Waals surface area (Å²) in [4.78, 5) is 30.2. The predicted molar refractivity (Wildman–Crippen MR) is 109 cm³/mol. The highest BCUT2D eigenvalue weighted by Crippen LogP contribution is 2.34. The molecule has 7 heteroatoms. The second-order valence-corrected chi connectivity index (χ2v) is 7.02. The van der Waals surface area contributed by atoms with Crippen LogP contribution < -0.4 is 10.6 Å². The number of fused-ring (bicyclic) bond motifs is 1. The van der Waals surface area contributed by atoms with Gasteiger partial charge in [-0.3, -0.25) is 9.59 Å². The number of hydrogen-bond donors (Lipinski definition) is 3. The van der Waals surface area contributed by atoms with Gasteiger partial charge in [-0.1, -0.05) is 6.92 Å². The lowest BCUT2D eigenvalue weighted by molar-refractivity contribution is -0.110. The van der Waals surface area contributed by atoms with Crippen molar-refractivity contribution in [2.24, 2.45) is 0 Å². The fourth-order valence-electron chi connectivity index (χ4n) is 3.31. The number of nitrogens with one attached hydrogen (secondary N) is 3. The molecular weight excluding hydrogens is 359 g/mol. The van der Waals surface area contributed by atoms with Crippen molar-refractivity contribution in [3.05, 3.63) is 52.1 Å². The minimum absolute atomic E-state index is 0.150. The zero-order valence-electron chi connectivity index (χ0n) is 16.6. The molecule has 148 valence electrons. The predicted octanol–water partition coefficient (Wildman–Crippen LogP) is 2.94. The zero-order valence-corrected chi connectivity index (χ0v) is 16.6. The van der Waals surface area contributed by atoms with E-state index in [0.29, 0.717) is 34.6 Å². The molecule has 0 bridgehead atoms. The highest BCUT2D eigenvalue weighted by molar-refractivity contribution is 6.34. The minimum Gasteiger partial charge on any atom is -0.358 e. The number of likely N-dealkylation sites (N-methyl/N-ethyl adjacent to an activating group) is 1. The normalized spacial score (nSPS) is 14.5. The van der Waals surface area contributed by atoms with Gasteiger partial charge in [-0.05, 0) is 57.3 Å². The van der Waals surface area contributed by atoms with Crippen LogP contribution in [0.2, 0.25) is 0 Å². The highest BCUT2D eigenvalue weighted by atomic mass is 19.1. The molecular formula is C21H25FN4O2.